The van der Waals surface area contributed by atoms with E-state index in [1.165, 1.54) is 11.6 Å². The van der Waals surface area contributed by atoms with Gasteiger partial charge in [-0.15, -0.1) is 0 Å². The molecule has 0 aliphatic carbocycles. The van der Waals surface area contributed by atoms with Crippen molar-refractivity contribution in [1.82, 2.24) is 9.80 Å². The molecule has 4 nitrogen and oxygen atoms in total. The zero-order chi connectivity index (χ0) is 19.2. The number of nitrogens with one attached hydrogen (secondary N) is 1. The number of carbonyl (C=O) groups excluding carboxylic acids is 1. The van der Waals surface area contributed by atoms with Crippen molar-refractivity contribution >= 4 is 40.9 Å². The molecular weight excluding hydrogens is 381 g/mol. The van der Waals surface area contributed by atoms with Crippen molar-refractivity contribution in [2.75, 3.05) is 38.5 Å². The van der Waals surface area contributed by atoms with Crippen molar-refractivity contribution in [1.29, 1.82) is 0 Å². The molecule has 0 radical (unpaired) electrons. The fourth-order valence-electron chi connectivity index (χ4n) is 2.93. The van der Waals surface area contributed by atoms with Crippen molar-refractivity contribution in [2.45, 2.75) is 6.54 Å². The molecule has 0 aromatic heterocycles. The van der Waals surface area contributed by atoms with E-state index in [2.05, 4.69) is 34.3 Å². The molecule has 27 heavy (non-hydrogen) atoms. The Balaban J connectivity index is 1.52. The van der Waals surface area contributed by atoms with Gasteiger partial charge in [-0.05, 0) is 48.5 Å². The van der Waals surface area contributed by atoms with E-state index in [-0.39, 0.29) is 5.91 Å². The van der Waals surface area contributed by atoms with Gasteiger partial charge in [0.15, 0.2) is 0 Å². The summed E-state index contributed by atoms with van der Waals surface area (Å²) in [6.45, 7) is 5.35. The normalized spacial score (nSPS) is 16.0. The Bertz CT molecular complexity index is 813. The second-order valence-corrected chi connectivity index (χ2v) is 7.59. The van der Waals surface area contributed by atoms with E-state index in [1.807, 2.05) is 18.2 Å². The van der Waals surface area contributed by atoms with Crippen LogP contribution in [0.2, 0.25) is 10.0 Å². The van der Waals surface area contributed by atoms with E-state index in [4.69, 9.17) is 23.2 Å². The lowest BCUT2D eigenvalue weighted by atomic mass is 10.1. The minimum Gasteiger partial charge on any atom is -0.323 e. The molecule has 1 aliphatic rings. The molecule has 2 aromatic carbocycles. The summed E-state index contributed by atoms with van der Waals surface area (Å²) in [7, 11) is 2.16. The van der Waals surface area contributed by atoms with Crippen molar-refractivity contribution < 1.29 is 4.79 Å². The molecule has 1 heterocycles. The largest absolute Gasteiger partial charge is 0.323 e. The molecule has 1 aliphatic heterocycles. The van der Waals surface area contributed by atoms with Gasteiger partial charge < -0.3 is 10.2 Å². The van der Waals surface area contributed by atoms with Crippen LogP contribution >= 0.6 is 23.2 Å². The van der Waals surface area contributed by atoms with Gasteiger partial charge in [0.25, 0.3) is 0 Å². The Morgan fingerprint density at radius 1 is 1.04 bits per heavy atom. The van der Waals surface area contributed by atoms with Gasteiger partial charge in [-0.1, -0.05) is 41.4 Å². The van der Waals surface area contributed by atoms with E-state index in [0.717, 1.165) is 44.0 Å². The van der Waals surface area contributed by atoms with Gasteiger partial charge in [0.05, 0.1) is 10.0 Å². The van der Waals surface area contributed by atoms with Crippen LogP contribution in [0.1, 0.15) is 11.1 Å². The van der Waals surface area contributed by atoms with E-state index in [1.54, 1.807) is 18.2 Å². The molecule has 1 saturated heterocycles. The molecule has 1 amide bonds. The number of carbonyl (C=O) groups is 1. The Morgan fingerprint density at radius 2 is 1.74 bits per heavy atom. The highest BCUT2D eigenvalue weighted by Crippen LogP contribution is 2.23. The number of likely N-dealkylation sites (N-methyl/N-ethyl adjacent to an activating group) is 1. The highest BCUT2D eigenvalue weighted by atomic mass is 35.5. The molecule has 2 aromatic rings. The number of halogens is 2. The molecule has 3 rings (SSSR count). The lowest BCUT2D eigenvalue weighted by Gasteiger charge is -2.32. The minimum atomic E-state index is -0.187. The molecule has 1 N–H and O–H groups in total. The van der Waals surface area contributed by atoms with Crippen molar-refractivity contribution in [3.63, 3.8) is 0 Å². The second-order valence-electron chi connectivity index (χ2n) is 6.77. The number of amides is 1. The maximum atomic E-state index is 12.1. The number of hydrogen-bond donors (Lipinski definition) is 1. The molecule has 0 atom stereocenters. The number of rotatable bonds is 5. The highest BCUT2D eigenvalue weighted by molar-refractivity contribution is 6.42. The minimum absolute atomic E-state index is 0.187. The number of anilines is 1. The Hall–Kier alpha value is -1.85. The monoisotopic (exact) mass is 403 g/mol. The molecule has 1 fully saturated rings. The van der Waals surface area contributed by atoms with E-state index < -0.39 is 0 Å². The Labute approximate surface area is 170 Å². The summed E-state index contributed by atoms with van der Waals surface area (Å²) in [5.41, 5.74) is 2.85. The van der Waals surface area contributed by atoms with Gasteiger partial charge in [-0.2, -0.15) is 0 Å². The topological polar surface area (TPSA) is 35.6 Å². The van der Waals surface area contributed by atoms with E-state index in [0.29, 0.717) is 10.0 Å². The van der Waals surface area contributed by atoms with Gasteiger partial charge in [0.2, 0.25) is 5.91 Å². The van der Waals surface area contributed by atoms with Crippen LogP contribution in [-0.2, 0) is 11.3 Å². The van der Waals surface area contributed by atoms with Gasteiger partial charge >= 0.3 is 0 Å². The summed E-state index contributed by atoms with van der Waals surface area (Å²) in [5.74, 6) is -0.187. The molecule has 0 spiro atoms. The van der Waals surface area contributed by atoms with Crippen molar-refractivity contribution in [3.05, 3.63) is 69.7 Å². The van der Waals surface area contributed by atoms with Gasteiger partial charge in [-0.25, -0.2) is 0 Å². The molecule has 0 bridgehead atoms. The van der Waals surface area contributed by atoms with Gasteiger partial charge in [-0.3, -0.25) is 9.69 Å². The van der Waals surface area contributed by atoms with Crippen LogP contribution in [0.4, 0.5) is 5.69 Å². The molecule has 0 saturated carbocycles. The standard InChI is InChI=1S/C21H23Cl2N3O/c1-25-10-12-26(13-11-25)15-17-2-6-18(7-3-17)24-21(27)9-5-16-4-8-19(22)20(23)14-16/h2-9,14H,10-13,15H2,1H3,(H,24,27)/b9-5+. The van der Waals surface area contributed by atoms with Gasteiger partial charge in [0, 0.05) is 44.5 Å². The first kappa shape index (κ1) is 19.9. The van der Waals surface area contributed by atoms with Crippen LogP contribution < -0.4 is 5.32 Å². The molecule has 6 heteroatoms. The van der Waals surface area contributed by atoms with E-state index in [9.17, 15) is 4.79 Å². The first-order chi connectivity index (χ1) is 13.0. The number of piperazine rings is 1. The fraction of sp³-hybridized carbons (Fsp3) is 0.286. The van der Waals surface area contributed by atoms with Gasteiger partial charge in [0.1, 0.15) is 0 Å². The third-order valence-corrected chi connectivity index (χ3v) is 5.33. The summed E-state index contributed by atoms with van der Waals surface area (Å²) in [6, 6.07) is 13.3. The SMILES string of the molecule is CN1CCN(Cc2ccc(NC(=O)/C=C/c3ccc(Cl)c(Cl)c3)cc2)CC1. The maximum Gasteiger partial charge on any atom is 0.248 e. The molecule has 0 unspecified atom stereocenters. The van der Waals surface area contributed by atoms with E-state index >= 15 is 0 Å². The highest BCUT2D eigenvalue weighted by Gasteiger charge is 2.13. The Kier molecular flexibility index (Phi) is 6.91. The van der Waals surface area contributed by atoms with Crippen LogP contribution in [0.15, 0.2) is 48.5 Å². The number of hydrogen-bond acceptors (Lipinski definition) is 3. The van der Waals surface area contributed by atoms with Crippen LogP contribution in [0, 0.1) is 0 Å². The zero-order valence-electron chi connectivity index (χ0n) is 15.3. The molecular formula is C21H23Cl2N3O. The summed E-state index contributed by atoms with van der Waals surface area (Å²) >= 11 is 11.9. The fourth-order valence-corrected chi connectivity index (χ4v) is 3.24. The lowest BCUT2D eigenvalue weighted by molar-refractivity contribution is -0.111. The lowest BCUT2D eigenvalue weighted by Crippen LogP contribution is -2.43. The summed E-state index contributed by atoms with van der Waals surface area (Å²) in [5, 5.41) is 3.83. The quantitative estimate of drug-likeness (QED) is 0.751. The smallest absolute Gasteiger partial charge is 0.248 e. The zero-order valence-corrected chi connectivity index (χ0v) is 16.8. The first-order valence-corrected chi connectivity index (χ1v) is 9.69. The predicted molar refractivity (Wildman–Crippen MR) is 113 cm³/mol. The summed E-state index contributed by atoms with van der Waals surface area (Å²) < 4.78 is 0. The predicted octanol–water partition coefficient (Wildman–Crippen LogP) is 4.39. The summed E-state index contributed by atoms with van der Waals surface area (Å²) in [6.07, 6.45) is 3.19. The number of nitrogens with zero attached hydrogens (tertiary/aromatic N) is 2. The van der Waals surface area contributed by atoms with Crippen LogP contribution in [-0.4, -0.2) is 48.9 Å². The average Bonchev–Trinajstić information content (AvgIpc) is 2.66. The second kappa shape index (κ2) is 9.38. The Morgan fingerprint density at radius 3 is 2.41 bits per heavy atom. The van der Waals surface area contributed by atoms with Crippen molar-refractivity contribution in [3.8, 4) is 0 Å². The first-order valence-electron chi connectivity index (χ1n) is 8.93. The van der Waals surface area contributed by atoms with Crippen LogP contribution in [0.5, 0.6) is 0 Å². The molecule has 142 valence electrons. The maximum absolute atomic E-state index is 12.1. The average molecular weight is 404 g/mol. The van der Waals surface area contributed by atoms with Crippen LogP contribution in [0.3, 0.4) is 0 Å². The van der Waals surface area contributed by atoms with Crippen molar-refractivity contribution in [2.24, 2.45) is 0 Å². The third-order valence-electron chi connectivity index (χ3n) is 4.59. The number of benzene rings is 2. The third kappa shape index (κ3) is 6.08. The summed E-state index contributed by atoms with van der Waals surface area (Å²) in [4.78, 5) is 16.9. The van der Waals surface area contributed by atoms with Crippen LogP contribution in [0.25, 0.3) is 6.08 Å².